The maximum Gasteiger partial charge on any atom is 0.221 e. The van der Waals surface area contributed by atoms with Gasteiger partial charge in [-0.1, -0.05) is 12.1 Å². The number of aromatic nitrogens is 1. The Labute approximate surface area is 127 Å². The minimum atomic E-state index is -0.0263. The Bertz CT molecular complexity index is 642. The molecule has 0 atom stereocenters. The Morgan fingerprint density at radius 3 is 2.43 bits per heavy atom. The van der Waals surface area contributed by atoms with Gasteiger partial charge in [-0.15, -0.1) is 0 Å². The van der Waals surface area contributed by atoms with Crippen molar-refractivity contribution in [3.63, 3.8) is 0 Å². The minimum Gasteiger partial charge on any atom is -0.439 e. The third kappa shape index (κ3) is 4.22. The van der Waals surface area contributed by atoms with E-state index in [9.17, 15) is 0 Å². The molecule has 0 aliphatic heterocycles. The van der Waals surface area contributed by atoms with Gasteiger partial charge in [-0.25, -0.2) is 0 Å². The molecule has 0 saturated carbocycles. The molecule has 1 aromatic heterocycles. The molecule has 1 aromatic carbocycles. The lowest BCUT2D eigenvalue weighted by atomic mass is 10.1. The Morgan fingerprint density at radius 1 is 1.05 bits per heavy atom. The lowest BCUT2D eigenvalue weighted by molar-refractivity contribution is 0.458. The number of rotatable bonds is 3. The van der Waals surface area contributed by atoms with Gasteiger partial charge in [0, 0.05) is 11.6 Å². The van der Waals surface area contributed by atoms with E-state index in [1.165, 1.54) is 11.1 Å². The SMILES string of the molecule is Cc1cc(C)c(C)c(Oc2cccc(NC(C)(C)C)n2)c1. The molecular weight excluding hydrogens is 260 g/mol. The summed E-state index contributed by atoms with van der Waals surface area (Å²) in [6, 6.07) is 9.99. The van der Waals surface area contributed by atoms with Gasteiger partial charge in [0.1, 0.15) is 11.6 Å². The molecule has 0 fully saturated rings. The molecule has 0 amide bonds. The Hall–Kier alpha value is -2.03. The van der Waals surface area contributed by atoms with Crippen LogP contribution in [0, 0.1) is 20.8 Å². The van der Waals surface area contributed by atoms with Crippen LogP contribution in [0.3, 0.4) is 0 Å². The number of nitrogens with one attached hydrogen (secondary N) is 1. The van der Waals surface area contributed by atoms with Crippen LogP contribution < -0.4 is 10.1 Å². The highest BCUT2D eigenvalue weighted by Gasteiger charge is 2.11. The summed E-state index contributed by atoms with van der Waals surface area (Å²) in [5, 5.41) is 3.35. The van der Waals surface area contributed by atoms with Crippen LogP contribution in [0.5, 0.6) is 11.6 Å². The molecular formula is C18H24N2O. The molecule has 0 spiro atoms. The number of anilines is 1. The predicted octanol–water partition coefficient (Wildman–Crippen LogP) is 5.01. The molecule has 1 N–H and O–H groups in total. The summed E-state index contributed by atoms with van der Waals surface area (Å²) in [5.74, 6) is 2.30. The van der Waals surface area contributed by atoms with Crippen molar-refractivity contribution in [2.75, 3.05) is 5.32 Å². The number of nitrogens with zero attached hydrogens (tertiary/aromatic N) is 1. The van der Waals surface area contributed by atoms with Crippen molar-refractivity contribution < 1.29 is 4.74 Å². The molecule has 2 aromatic rings. The van der Waals surface area contributed by atoms with Crippen LogP contribution in [0.4, 0.5) is 5.82 Å². The van der Waals surface area contributed by atoms with Crippen LogP contribution in [0.15, 0.2) is 30.3 Å². The van der Waals surface area contributed by atoms with E-state index in [1.807, 2.05) is 24.3 Å². The monoisotopic (exact) mass is 284 g/mol. The van der Waals surface area contributed by atoms with Gasteiger partial charge >= 0.3 is 0 Å². The highest BCUT2D eigenvalue weighted by Crippen LogP contribution is 2.28. The molecule has 0 saturated heterocycles. The molecule has 0 aliphatic carbocycles. The van der Waals surface area contributed by atoms with Crippen LogP contribution in [-0.4, -0.2) is 10.5 Å². The zero-order chi connectivity index (χ0) is 15.6. The van der Waals surface area contributed by atoms with E-state index in [1.54, 1.807) is 0 Å². The minimum absolute atomic E-state index is 0.0263. The van der Waals surface area contributed by atoms with Crippen molar-refractivity contribution >= 4 is 5.82 Å². The first-order chi connectivity index (χ1) is 9.74. The van der Waals surface area contributed by atoms with Crippen LogP contribution in [0.1, 0.15) is 37.5 Å². The van der Waals surface area contributed by atoms with E-state index in [-0.39, 0.29) is 5.54 Å². The van der Waals surface area contributed by atoms with Crippen molar-refractivity contribution in [3.8, 4) is 11.6 Å². The molecule has 0 aliphatic rings. The third-order valence-corrected chi connectivity index (χ3v) is 3.21. The maximum absolute atomic E-state index is 5.97. The second-order valence-corrected chi connectivity index (χ2v) is 6.54. The molecule has 2 rings (SSSR count). The molecule has 112 valence electrons. The van der Waals surface area contributed by atoms with Crippen LogP contribution in [0.25, 0.3) is 0 Å². The molecule has 3 nitrogen and oxygen atoms in total. The third-order valence-electron chi connectivity index (χ3n) is 3.21. The fourth-order valence-corrected chi connectivity index (χ4v) is 2.14. The average molecular weight is 284 g/mol. The first-order valence-corrected chi connectivity index (χ1v) is 7.25. The number of hydrogen-bond donors (Lipinski definition) is 1. The smallest absolute Gasteiger partial charge is 0.221 e. The Balaban J connectivity index is 2.26. The Kier molecular flexibility index (Phi) is 4.21. The van der Waals surface area contributed by atoms with Crippen LogP contribution >= 0.6 is 0 Å². The van der Waals surface area contributed by atoms with Gasteiger partial charge in [0.05, 0.1) is 0 Å². The Morgan fingerprint density at radius 2 is 1.76 bits per heavy atom. The highest BCUT2D eigenvalue weighted by molar-refractivity contribution is 5.45. The van der Waals surface area contributed by atoms with E-state index in [0.29, 0.717) is 5.88 Å². The highest BCUT2D eigenvalue weighted by atomic mass is 16.5. The van der Waals surface area contributed by atoms with E-state index >= 15 is 0 Å². The second kappa shape index (κ2) is 5.76. The summed E-state index contributed by atoms with van der Waals surface area (Å²) in [6.07, 6.45) is 0. The fraction of sp³-hybridized carbons (Fsp3) is 0.389. The number of aryl methyl sites for hydroxylation is 2. The van der Waals surface area contributed by atoms with Gasteiger partial charge in [0.25, 0.3) is 0 Å². The van der Waals surface area contributed by atoms with E-state index in [2.05, 4.69) is 57.9 Å². The molecule has 0 unspecified atom stereocenters. The standard InChI is InChI=1S/C18H24N2O/c1-12-10-13(2)14(3)15(11-12)21-17-9-7-8-16(19-17)20-18(4,5)6/h7-11H,1-6H3,(H,19,20). The maximum atomic E-state index is 5.97. The van der Waals surface area contributed by atoms with E-state index in [4.69, 9.17) is 4.74 Å². The summed E-state index contributed by atoms with van der Waals surface area (Å²) in [6.45, 7) is 12.6. The number of ether oxygens (including phenoxy) is 1. The van der Waals surface area contributed by atoms with Gasteiger partial charge in [-0.2, -0.15) is 4.98 Å². The number of pyridine rings is 1. The summed E-state index contributed by atoms with van der Waals surface area (Å²) < 4.78 is 5.97. The molecule has 21 heavy (non-hydrogen) atoms. The summed E-state index contributed by atoms with van der Waals surface area (Å²) in [4.78, 5) is 4.52. The van der Waals surface area contributed by atoms with Crippen molar-refractivity contribution in [2.24, 2.45) is 0 Å². The zero-order valence-corrected chi connectivity index (χ0v) is 13.7. The molecule has 1 heterocycles. The van der Waals surface area contributed by atoms with Gasteiger partial charge in [-0.3, -0.25) is 0 Å². The predicted molar refractivity (Wildman–Crippen MR) is 88.3 cm³/mol. The first-order valence-electron chi connectivity index (χ1n) is 7.25. The zero-order valence-electron chi connectivity index (χ0n) is 13.7. The first kappa shape index (κ1) is 15.4. The van der Waals surface area contributed by atoms with Gasteiger partial charge in [-0.05, 0) is 70.4 Å². The molecule has 0 radical (unpaired) electrons. The van der Waals surface area contributed by atoms with Crippen molar-refractivity contribution in [2.45, 2.75) is 47.1 Å². The molecule has 0 bridgehead atoms. The van der Waals surface area contributed by atoms with Gasteiger partial charge < -0.3 is 10.1 Å². The van der Waals surface area contributed by atoms with Gasteiger partial charge in [0.15, 0.2) is 0 Å². The topological polar surface area (TPSA) is 34.1 Å². The van der Waals surface area contributed by atoms with Crippen molar-refractivity contribution in [3.05, 3.63) is 47.0 Å². The van der Waals surface area contributed by atoms with E-state index in [0.717, 1.165) is 17.1 Å². The van der Waals surface area contributed by atoms with Crippen LogP contribution in [-0.2, 0) is 0 Å². The summed E-state index contributed by atoms with van der Waals surface area (Å²) in [5.41, 5.74) is 3.55. The average Bonchev–Trinajstić information content (AvgIpc) is 2.33. The van der Waals surface area contributed by atoms with E-state index < -0.39 is 0 Å². The quantitative estimate of drug-likeness (QED) is 0.860. The molecule has 3 heteroatoms. The summed E-state index contributed by atoms with van der Waals surface area (Å²) in [7, 11) is 0. The normalized spacial score (nSPS) is 11.3. The summed E-state index contributed by atoms with van der Waals surface area (Å²) >= 11 is 0. The second-order valence-electron chi connectivity index (χ2n) is 6.54. The van der Waals surface area contributed by atoms with Crippen molar-refractivity contribution in [1.82, 2.24) is 4.98 Å². The lowest BCUT2D eigenvalue weighted by Crippen LogP contribution is -2.26. The van der Waals surface area contributed by atoms with Crippen molar-refractivity contribution in [1.29, 1.82) is 0 Å². The van der Waals surface area contributed by atoms with Crippen LogP contribution in [0.2, 0.25) is 0 Å². The number of benzene rings is 1. The largest absolute Gasteiger partial charge is 0.439 e. The lowest BCUT2D eigenvalue weighted by Gasteiger charge is -2.21. The fourth-order valence-electron chi connectivity index (χ4n) is 2.14. The van der Waals surface area contributed by atoms with Gasteiger partial charge in [0.2, 0.25) is 5.88 Å². The number of hydrogen-bond acceptors (Lipinski definition) is 3.